The van der Waals surface area contributed by atoms with Crippen LogP contribution < -0.4 is 10.6 Å². The van der Waals surface area contributed by atoms with Crippen LogP contribution in [0.25, 0.3) is 0 Å². The first kappa shape index (κ1) is 16.5. The predicted molar refractivity (Wildman–Crippen MR) is 79.3 cm³/mol. The van der Waals surface area contributed by atoms with Crippen molar-refractivity contribution in [2.24, 2.45) is 0 Å². The summed E-state index contributed by atoms with van der Waals surface area (Å²) >= 11 is 0. The molecule has 0 saturated carbocycles. The minimum Gasteiger partial charge on any atom is -0.334 e. The zero-order valence-electron chi connectivity index (χ0n) is 12.4. The van der Waals surface area contributed by atoms with E-state index in [0.29, 0.717) is 11.4 Å². The van der Waals surface area contributed by atoms with E-state index in [2.05, 4.69) is 10.6 Å². The van der Waals surface area contributed by atoms with Crippen molar-refractivity contribution in [2.75, 3.05) is 5.75 Å². The van der Waals surface area contributed by atoms with Gasteiger partial charge in [0.15, 0.2) is 9.84 Å². The number of carbonyl (C=O) groups is 1. The van der Waals surface area contributed by atoms with Crippen LogP contribution >= 0.6 is 0 Å². The highest BCUT2D eigenvalue weighted by Crippen LogP contribution is 2.12. The van der Waals surface area contributed by atoms with E-state index in [4.69, 9.17) is 0 Å². The van der Waals surface area contributed by atoms with Crippen molar-refractivity contribution in [3.63, 3.8) is 0 Å². The minimum absolute atomic E-state index is 0.0819. The summed E-state index contributed by atoms with van der Waals surface area (Å²) in [6.07, 6.45) is 0. The molecule has 0 spiro atoms. The summed E-state index contributed by atoms with van der Waals surface area (Å²) in [5.74, 6) is 0.0819. The Kier molecular flexibility index (Phi) is 5.16. The Labute approximate surface area is 120 Å². The van der Waals surface area contributed by atoms with Crippen molar-refractivity contribution in [2.45, 2.75) is 44.7 Å². The zero-order chi connectivity index (χ0) is 15.4. The maximum Gasteiger partial charge on any atom is 0.315 e. The number of urea groups is 1. The Bertz CT molecular complexity index is 557. The Morgan fingerprint density at radius 2 is 1.70 bits per heavy atom. The van der Waals surface area contributed by atoms with Gasteiger partial charge in [-0.2, -0.15) is 0 Å². The highest BCUT2D eigenvalue weighted by molar-refractivity contribution is 7.91. The normalized spacial score (nSPS) is 12.0. The molecule has 20 heavy (non-hydrogen) atoms. The smallest absolute Gasteiger partial charge is 0.315 e. The van der Waals surface area contributed by atoms with Crippen molar-refractivity contribution in [3.05, 3.63) is 29.8 Å². The molecule has 6 heteroatoms. The molecule has 2 N–H and O–H groups in total. The number of nitrogens with one attached hydrogen (secondary N) is 2. The maximum atomic E-state index is 11.7. The molecule has 0 aliphatic carbocycles. The number of hydrogen-bond donors (Lipinski definition) is 2. The first-order valence-corrected chi connectivity index (χ1v) is 8.17. The fourth-order valence-corrected chi connectivity index (χ4v) is 2.43. The topological polar surface area (TPSA) is 75.3 Å². The fourth-order valence-electron chi connectivity index (χ4n) is 1.55. The Morgan fingerprint density at radius 1 is 1.15 bits per heavy atom. The summed E-state index contributed by atoms with van der Waals surface area (Å²) in [6.45, 7) is 7.67. The Morgan fingerprint density at radius 3 is 2.15 bits per heavy atom. The number of amides is 2. The van der Waals surface area contributed by atoms with Gasteiger partial charge in [0, 0.05) is 12.1 Å². The molecule has 1 rings (SSSR count). The van der Waals surface area contributed by atoms with Crippen LogP contribution in [0.15, 0.2) is 29.2 Å². The van der Waals surface area contributed by atoms with E-state index < -0.39 is 9.84 Å². The SMILES string of the molecule is CCS(=O)(=O)c1ccc(CNC(=O)NC(C)(C)C)cc1. The molecule has 0 unspecified atom stereocenters. The number of carbonyl (C=O) groups excluding carboxylic acids is 1. The minimum atomic E-state index is -3.17. The molecular weight excluding hydrogens is 276 g/mol. The van der Waals surface area contributed by atoms with E-state index in [-0.39, 0.29) is 17.3 Å². The molecule has 5 nitrogen and oxygen atoms in total. The maximum absolute atomic E-state index is 11.7. The molecule has 0 fully saturated rings. The van der Waals surface area contributed by atoms with Crippen LogP contribution in [-0.2, 0) is 16.4 Å². The largest absolute Gasteiger partial charge is 0.334 e. The summed E-state index contributed by atoms with van der Waals surface area (Å²) < 4.78 is 23.3. The van der Waals surface area contributed by atoms with Crippen LogP contribution in [0.1, 0.15) is 33.3 Å². The number of rotatable bonds is 4. The average molecular weight is 298 g/mol. The lowest BCUT2D eigenvalue weighted by molar-refractivity contribution is 0.231. The first-order valence-electron chi connectivity index (χ1n) is 6.52. The van der Waals surface area contributed by atoms with Crippen molar-refractivity contribution in [1.82, 2.24) is 10.6 Å². The van der Waals surface area contributed by atoms with Gasteiger partial charge in [0.25, 0.3) is 0 Å². The van der Waals surface area contributed by atoms with Crippen molar-refractivity contribution in [3.8, 4) is 0 Å². The van der Waals surface area contributed by atoms with Gasteiger partial charge in [-0.05, 0) is 38.5 Å². The average Bonchev–Trinajstić information content (AvgIpc) is 2.35. The van der Waals surface area contributed by atoms with Crippen LogP contribution in [0.3, 0.4) is 0 Å². The van der Waals surface area contributed by atoms with Gasteiger partial charge in [-0.3, -0.25) is 0 Å². The molecule has 0 heterocycles. The van der Waals surface area contributed by atoms with E-state index in [0.717, 1.165) is 5.56 Å². The van der Waals surface area contributed by atoms with Gasteiger partial charge in [-0.25, -0.2) is 13.2 Å². The van der Waals surface area contributed by atoms with E-state index >= 15 is 0 Å². The molecule has 1 aromatic rings. The van der Waals surface area contributed by atoms with Gasteiger partial charge in [-0.1, -0.05) is 19.1 Å². The molecule has 1 aromatic carbocycles. The lowest BCUT2D eigenvalue weighted by Crippen LogP contribution is -2.46. The molecule has 0 saturated heterocycles. The van der Waals surface area contributed by atoms with Gasteiger partial charge in [-0.15, -0.1) is 0 Å². The first-order chi connectivity index (χ1) is 9.14. The zero-order valence-corrected chi connectivity index (χ0v) is 13.2. The van der Waals surface area contributed by atoms with Gasteiger partial charge < -0.3 is 10.6 Å². The Hall–Kier alpha value is -1.56. The van der Waals surface area contributed by atoms with Gasteiger partial charge in [0.2, 0.25) is 0 Å². The van der Waals surface area contributed by atoms with Crippen molar-refractivity contribution in [1.29, 1.82) is 0 Å². The molecule has 0 aliphatic rings. The van der Waals surface area contributed by atoms with E-state index in [1.807, 2.05) is 20.8 Å². The quantitative estimate of drug-likeness (QED) is 0.893. The summed E-state index contributed by atoms with van der Waals surface area (Å²) in [7, 11) is -3.17. The van der Waals surface area contributed by atoms with Crippen LogP contribution in [0.4, 0.5) is 4.79 Å². The van der Waals surface area contributed by atoms with E-state index in [1.54, 1.807) is 31.2 Å². The highest BCUT2D eigenvalue weighted by Gasteiger charge is 2.13. The summed E-state index contributed by atoms with van der Waals surface area (Å²) in [4.78, 5) is 11.9. The molecule has 0 radical (unpaired) electrons. The number of benzene rings is 1. The second kappa shape index (κ2) is 6.26. The van der Waals surface area contributed by atoms with Gasteiger partial charge >= 0.3 is 6.03 Å². The summed E-state index contributed by atoms with van der Waals surface area (Å²) in [5.41, 5.74) is 0.562. The standard InChI is InChI=1S/C14H22N2O3S/c1-5-20(18,19)12-8-6-11(7-9-12)10-15-13(17)16-14(2,3)4/h6-9H,5,10H2,1-4H3,(H2,15,16,17). The second-order valence-electron chi connectivity index (χ2n) is 5.61. The fraction of sp³-hybridized carbons (Fsp3) is 0.500. The van der Waals surface area contributed by atoms with Crippen LogP contribution in [0, 0.1) is 0 Å². The molecule has 0 aliphatic heterocycles. The van der Waals surface area contributed by atoms with Gasteiger partial charge in [0.05, 0.1) is 10.6 Å². The monoisotopic (exact) mass is 298 g/mol. The Balaban J connectivity index is 2.61. The molecule has 0 bridgehead atoms. The van der Waals surface area contributed by atoms with Crippen LogP contribution in [0.2, 0.25) is 0 Å². The number of hydrogen-bond acceptors (Lipinski definition) is 3. The lowest BCUT2D eigenvalue weighted by Gasteiger charge is -2.20. The second-order valence-corrected chi connectivity index (χ2v) is 7.88. The third-order valence-electron chi connectivity index (χ3n) is 2.60. The molecule has 0 atom stereocenters. The van der Waals surface area contributed by atoms with Gasteiger partial charge in [0.1, 0.15) is 0 Å². The van der Waals surface area contributed by atoms with Crippen LogP contribution in [0.5, 0.6) is 0 Å². The predicted octanol–water partition coefficient (Wildman–Crippen LogP) is 2.08. The highest BCUT2D eigenvalue weighted by atomic mass is 32.2. The molecule has 2 amide bonds. The van der Waals surface area contributed by atoms with E-state index in [1.165, 1.54) is 0 Å². The third-order valence-corrected chi connectivity index (χ3v) is 4.35. The third kappa shape index (κ3) is 5.21. The van der Waals surface area contributed by atoms with Crippen LogP contribution in [-0.4, -0.2) is 25.7 Å². The van der Waals surface area contributed by atoms with Crippen molar-refractivity contribution >= 4 is 15.9 Å². The molecule has 0 aromatic heterocycles. The number of sulfone groups is 1. The van der Waals surface area contributed by atoms with E-state index in [9.17, 15) is 13.2 Å². The lowest BCUT2D eigenvalue weighted by atomic mass is 10.1. The molecule has 112 valence electrons. The van der Waals surface area contributed by atoms with Crippen molar-refractivity contribution < 1.29 is 13.2 Å². The summed E-state index contributed by atoms with van der Waals surface area (Å²) in [5, 5.41) is 5.52. The molecular formula is C14H22N2O3S. The summed E-state index contributed by atoms with van der Waals surface area (Å²) in [6, 6.07) is 6.30.